The Hall–Kier alpha value is -2.63. The quantitative estimate of drug-likeness (QED) is 0.852. The number of hydrogen-bond acceptors (Lipinski definition) is 5. The molecule has 0 unspecified atom stereocenters. The second kappa shape index (κ2) is 7.77. The molecule has 1 amide bonds. The molecule has 0 bridgehead atoms. The molecule has 6 nitrogen and oxygen atoms in total. The van der Waals surface area contributed by atoms with Crippen molar-refractivity contribution in [1.29, 1.82) is 0 Å². The Morgan fingerprint density at radius 1 is 1.17 bits per heavy atom. The number of benzene rings is 1. The molecule has 1 aromatic carbocycles. The third-order valence-electron chi connectivity index (χ3n) is 3.23. The first-order valence-electron chi connectivity index (χ1n) is 7.90. The first kappa shape index (κ1) is 17.7. The second-order valence-corrected chi connectivity index (χ2v) is 6.54. The summed E-state index contributed by atoms with van der Waals surface area (Å²) in [7, 11) is 1.64. The maximum absolute atomic E-state index is 12.1. The highest BCUT2D eigenvalue weighted by molar-refractivity contribution is 5.92. The van der Waals surface area contributed by atoms with Gasteiger partial charge in [0.25, 0.3) is 5.91 Å². The first-order valence-corrected chi connectivity index (χ1v) is 7.90. The Labute approximate surface area is 142 Å². The van der Waals surface area contributed by atoms with E-state index in [1.165, 1.54) is 0 Å². The molecule has 0 atom stereocenters. The van der Waals surface area contributed by atoms with E-state index in [0.717, 1.165) is 17.7 Å². The lowest BCUT2D eigenvalue weighted by Crippen LogP contribution is -2.28. The van der Waals surface area contributed by atoms with E-state index >= 15 is 0 Å². The maximum atomic E-state index is 12.1. The number of nitrogens with zero attached hydrogens (tertiary/aromatic N) is 2. The molecular formula is C18H24N4O2. The standard InChI is InChI=1S/C18H24N4O2/c1-18(2,3)20-16-9-8-15(21-22-16)17(23)19-11-10-13-6-5-7-14(12-13)24-4/h5-9,12H,10-11H2,1-4H3,(H,19,23)(H,20,22). The van der Waals surface area contributed by atoms with Crippen molar-refractivity contribution < 1.29 is 9.53 Å². The summed E-state index contributed by atoms with van der Waals surface area (Å²) in [4.78, 5) is 12.1. The van der Waals surface area contributed by atoms with Gasteiger partial charge >= 0.3 is 0 Å². The van der Waals surface area contributed by atoms with Crippen LogP contribution in [0.1, 0.15) is 36.8 Å². The van der Waals surface area contributed by atoms with Crippen LogP contribution >= 0.6 is 0 Å². The van der Waals surface area contributed by atoms with Crippen LogP contribution in [-0.2, 0) is 6.42 Å². The number of rotatable bonds is 6. The Bertz CT molecular complexity index is 678. The van der Waals surface area contributed by atoms with Crippen LogP contribution in [0.5, 0.6) is 5.75 Å². The van der Waals surface area contributed by atoms with Gasteiger partial charge in [-0.3, -0.25) is 4.79 Å². The number of amides is 1. The van der Waals surface area contributed by atoms with Gasteiger partial charge in [-0.15, -0.1) is 10.2 Å². The predicted octanol–water partition coefficient (Wildman–Crippen LogP) is 2.67. The van der Waals surface area contributed by atoms with Crippen molar-refractivity contribution in [3.05, 3.63) is 47.7 Å². The molecule has 2 aromatic rings. The van der Waals surface area contributed by atoms with Crippen LogP contribution in [0.2, 0.25) is 0 Å². The molecule has 1 heterocycles. The minimum Gasteiger partial charge on any atom is -0.497 e. The molecule has 128 valence electrons. The van der Waals surface area contributed by atoms with Gasteiger partial charge in [0, 0.05) is 12.1 Å². The van der Waals surface area contributed by atoms with Crippen LogP contribution in [0, 0.1) is 0 Å². The first-order chi connectivity index (χ1) is 11.4. The number of carbonyl (C=O) groups is 1. The monoisotopic (exact) mass is 328 g/mol. The van der Waals surface area contributed by atoms with Crippen LogP contribution in [0.15, 0.2) is 36.4 Å². The van der Waals surface area contributed by atoms with Crippen molar-refractivity contribution in [2.24, 2.45) is 0 Å². The summed E-state index contributed by atoms with van der Waals surface area (Å²) in [5.74, 6) is 1.23. The average Bonchev–Trinajstić information content (AvgIpc) is 2.54. The molecule has 2 N–H and O–H groups in total. The van der Waals surface area contributed by atoms with Gasteiger partial charge < -0.3 is 15.4 Å². The van der Waals surface area contributed by atoms with E-state index in [1.807, 2.05) is 45.0 Å². The van der Waals surface area contributed by atoms with Gasteiger partial charge in [0.15, 0.2) is 5.69 Å². The number of aromatic nitrogens is 2. The van der Waals surface area contributed by atoms with Crippen molar-refractivity contribution in [2.45, 2.75) is 32.7 Å². The van der Waals surface area contributed by atoms with E-state index < -0.39 is 0 Å². The van der Waals surface area contributed by atoms with Gasteiger partial charge in [0.05, 0.1) is 7.11 Å². The van der Waals surface area contributed by atoms with Crippen molar-refractivity contribution in [3.63, 3.8) is 0 Å². The normalized spacial score (nSPS) is 11.0. The highest BCUT2D eigenvalue weighted by atomic mass is 16.5. The van der Waals surface area contributed by atoms with Crippen molar-refractivity contribution in [3.8, 4) is 5.75 Å². The van der Waals surface area contributed by atoms with Gasteiger partial charge in [-0.1, -0.05) is 12.1 Å². The molecule has 2 rings (SSSR count). The van der Waals surface area contributed by atoms with Crippen molar-refractivity contribution in [1.82, 2.24) is 15.5 Å². The van der Waals surface area contributed by atoms with Crippen LogP contribution in [0.4, 0.5) is 5.82 Å². The number of methoxy groups -OCH3 is 1. The molecule has 0 fully saturated rings. The van der Waals surface area contributed by atoms with Gasteiger partial charge in [-0.25, -0.2) is 0 Å². The molecule has 0 aliphatic rings. The van der Waals surface area contributed by atoms with Crippen LogP contribution < -0.4 is 15.4 Å². The molecule has 0 aliphatic carbocycles. The van der Waals surface area contributed by atoms with E-state index in [0.29, 0.717) is 18.1 Å². The Balaban J connectivity index is 1.86. The Kier molecular flexibility index (Phi) is 5.73. The SMILES string of the molecule is COc1cccc(CCNC(=O)c2ccc(NC(C)(C)C)nn2)c1. The molecule has 0 spiro atoms. The van der Waals surface area contributed by atoms with Gasteiger partial charge in [0.2, 0.25) is 0 Å². The van der Waals surface area contributed by atoms with E-state index in [1.54, 1.807) is 19.2 Å². The number of carbonyl (C=O) groups excluding carboxylic acids is 1. The number of nitrogens with one attached hydrogen (secondary N) is 2. The van der Waals surface area contributed by atoms with E-state index in [4.69, 9.17) is 4.74 Å². The molecule has 0 saturated carbocycles. The summed E-state index contributed by atoms with van der Waals surface area (Å²) in [6.07, 6.45) is 0.722. The molecule has 0 aliphatic heterocycles. The number of anilines is 1. The summed E-state index contributed by atoms with van der Waals surface area (Å²) < 4.78 is 5.19. The Morgan fingerprint density at radius 3 is 2.58 bits per heavy atom. The fraction of sp³-hybridized carbons (Fsp3) is 0.389. The van der Waals surface area contributed by atoms with E-state index in [2.05, 4.69) is 20.8 Å². The molecule has 0 radical (unpaired) electrons. The lowest BCUT2D eigenvalue weighted by Gasteiger charge is -2.20. The van der Waals surface area contributed by atoms with Crippen molar-refractivity contribution >= 4 is 11.7 Å². The number of ether oxygens (including phenoxy) is 1. The van der Waals surface area contributed by atoms with Gasteiger partial charge in [0.1, 0.15) is 11.6 Å². The molecular weight excluding hydrogens is 304 g/mol. The maximum Gasteiger partial charge on any atom is 0.271 e. The number of hydrogen-bond donors (Lipinski definition) is 2. The second-order valence-electron chi connectivity index (χ2n) is 6.54. The highest BCUT2D eigenvalue weighted by Crippen LogP contribution is 2.13. The molecule has 24 heavy (non-hydrogen) atoms. The summed E-state index contributed by atoms with van der Waals surface area (Å²) in [5, 5.41) is 14.1. The summed E-state index contributed by atoms with van der Waals surface area (Å²) in [5.41, 5.74) is 1.31. The highest BCUT2D eigenvalue weighted by Gasteiger charge is 2.12. The lowest BCUT2D eigenvalue weighted by atomic mass is 10.1. The van der Waals surface area contributed by atoms with Crippen LogP contribution in [0.25, 0.3) is 0 Å². The zero-order valence-corrected chi connectivity index (χ0v) is 14.6. The van der Waals surface area contributed by atoms with Gasteiger partial charge in [-0.2, -0.15) is 0 Å². The summed E-state index contributed by atoms with van der Waals surface area (Å²) >= 11 is 0. The molecule has 0 saturated heterocycles. The summed E-state index contributed by atoms with van der Waals surface area (Å²) in [6, 6.07) is 11.2. The van der Waals surface area contributed by atoms with E-state index in [9.17, 15) is 4.79 Å². The largest absolute Gasteiger partial charge is 0.497 e. The molecule has 6 heteroatoms. The molecule has 1 aromatic heterocycles. The van der Waals surface area contributed by atoms with Crippen molar-refractivity contribution in [2.75, 3.05) is 19.0 Å². The smallest absolute Gasteiger partial charge is 0.271 e. The third kappa shape index (κ3) is 5.53. The minimum atomic E-state index is -0.229. The topological polar surface area (TPSA) is 76.1 Å². The third-order valence-corrected chi connectivity index (χ3v) is 3.23. The fourth-order valence-electron chi connectivity index (χ4n) is 2.14. The Morgan fingerprint density at radius 2 is 1.96 bits per heavy atom. The van der Waals surface area contributed by atoms with Crippen LogP contribution in [0.3, 0.4) is 0 Å². The summed E-state index contributed by atoms with van der Waals surface area (Å²) in [6.45, 7) is 6.63. The minimum absolute atomic E-state index is 0.102. The zero-order chi connectivity index (χ0) is 17.6. The fourth-order valence-corrected chi connectivity index (χ4v) is 2.14. The van der Waals surface area contributed by atoms with Crippen LogP contribution in [-0.4, -0.2) is 35.3 Å². The van der Waals surface area contributed by atoms with Gasteiger partial charge in [-0.05, 0) is 57.0 Å². The van der Waals surface area contributed by atoms with E-state index in [-0.39, 0.29) is 11.4 Å². The predicted molar refractivity (Wildman–Crippen MR) is 94.4 cm³/mol. The lowest BCUT2D eigenvalue weighted by molar-refractivity contribution is 0.0948. The zero-order valence-electron chi connectivity index (χ0n) is 14.6. The average molecular weight is 328 g/mol.